The van der Waals surface area contributed by atoms with Crippen molar-refractivity contribution in [1.29, 1.82) is 0 Å². The Morgan fingerprint density at radius 2 is 2.05 bits per heavy atom. The van der Waals surface area contributed by atoms with Gasteiger partial charge in [-0.15, -0.1) is 0 Å². The normalized spacial score (nSPS) is 22.5. The Balaban J connectivity index is 1.46. The maximum absolute atomic E-state index is 12.0. The van der Waals surface area contributed by atoms with E-state index in [0.29, 0.717) is 19.1 Å². The van der Waals surface area contributed by atoms with Gasteiger partial charge < -0.3 is 20.1 Å². The highest BCUT2D eigenvalue weighted by atomic mass is 16.5. The summed E-state index contributed by atoms with van der Waals surface area (Å²) in [7, 11) is 0. The first kappa shape index (κ1) is 15.3. The van der Waals surface area contributed by atoms with E-state index in [4.69, 9.17) is 9.47 Å². The molecule has 1 aromatic carbocycles. The molecule has 1 aliphatic heterocycles. The Hall–Kier alpha value is -1.59. The minimum Gasteiger partial charge on any atom is -0.490 e. The molecule has 1 aliphatic carbocycles. The summed E-state index contributed by atoms with van der Waals surface area (Å²) in [5.74, 6) is 0.864. The molecule has 0 spiro atoms. The van der Waals surface area contributed by atoms with Crippen LogP contribution in [0.2, 0.25) is 0 Å². The Morgan fingerprint density at radius 3 is 2.73 bits per heavy atom. The van der Waals surface area contributed by atoms with Crippen LogP contribution in [0.5, 0.6) is 5.75 Å². The van der Waals surface area contributed by atoms with E-state index >= 15 is 0 Å². The van der Waals surface area contributed by atoms with Crippen LogP contribution in [0, 0.1) is 0 Å². The van der Waals surface area contributed by atoms with Gasteiger partial charge in [-0.05, 0) is 49.9 Å². The van der Waals surface area contributed by atoms with Crippen LogP contribution in [-0.2, 0) is 9.53 Å². The van der Waals surface area contributed by atoms with Crippen molar-refractivity contribution in [2.24, 2.45) is 0 Å². The van der Waals surface area contributed by atoms with Crippen molar-refractivity contribution in [3.63, 3.8) is 0 Å². The maximum Gasteiger partial charge on any atom is 0.227 e. The van der Waals surface area contributed by atoms with Gasteiger partial charge >= 0.3 is 0 Å². The molecular formula is C17H24N2O3. The summed E-state index contributed by atoms with van der Waals surface area (Å²) < 4.78 is 11.5. The van der Waals surface area contributed by atoms with Crippen LogP contribution in [0.15, 0.2) is 24.3 Å². The van der Waals surface area contributed by atoms with Crippen LogP contribution in [0.4, 0.5) is 5.69 Å². The second-order valence-electron chi connectivity index (χ2n) is 6.00. The van der Waals surface area contributed by atoms with Crippen molar-refractivity contribution in [3.8, 4) is 5.75 Å². The van der Waals surface area contributed by atoms with E-state index in [-0.39, 0.29) is 12.0 Å². The number of ether oxygens (including phenoxy) is 2. The van der Waals surface area contributed by atoms with Crippen molar-refractivity contribution < 1.29 is 14.3 Å². The lowest BCUT2D eigenvalue weighted by Gasteiger charge is -2.23. The molecule has 1 heterocycles. The fraction of sp³-hybridized carbons (Fsp3) is 0.588. The third-order valence-electron chi connectivity index (χ3n) is 4.16. The van der Waals surface area contributed by atoms with Gasteiger partial charge in [0.05, 0.1) is 25.2 Å². The average Bonchev–Trinajstić information content (AvgIpc) is 3.03. The Morgan fingerprint density at radius 1 is 1.27 bits per heavy atom. The highest BCUT2D eigenvalue weighted by Crippen LogP contribution is 2.25. The van der Waals surface area contributed by atoms with Crippen molar-refractivity contribution in [1.82, 2.24) is 5.32 Å². The first-order valence-corrected chi connectivity index (χ1v) is 8.18. The topological polar surface area (TPSA) is 59.6 Å². The molecule has 2 N–H and O–H groups in total. The second kappa shape index (κ2) is 7.61. The molecule has 0 bridgehead atoms. The quantitative estimate of drug-likeness (QED) is 0.876. The zero-order chi connectivity index (χ0) is 15.2. The van der Waals surface area contributed by atoms with Gasteiger partial charge in [0.2, 0.25) is 5.91 Å². The predicted molar refractivity (Wildman–Crippen MR) is 85.2 cm³/mol. The van der Waals surface area contributed by atoms with E-state index in [1.807, 2.05) is 24.3 Å². The van der Waals surface area contributed by atoms with E-state index in [2.05, 4.69) is 10.6 Å². The molecule has 0 radical (unpaired) electrons. The van der Waals surface area contributed by atoms with E-state index in [9.17, 15) is 4.79 Å². The van der Waals surface area contributed by atoms with E-state index in [1.54, 1.807) is 0 Å². The number of hydrogen-bond donors (Lipinski definition) is 2. The molecule has 0 aromatic heterocycles. The highest BCUT2D eigenvalue weighted by Gasteiger charge is 2.18. The summed E-state index contributed by atoms with van der Waals surface area (Å²) in [6.45, 7) is 2.27. The number of hydrogen-bond acceptors (Lipinski definition) is 4. The lowest BCUT2D eigenvalue weighted by atomic mass is 10.2. The smallest absolute Gasteiger partial charge is 0.227 e. The molecule has 1 saturated carbocycles. The average molecular weight is 304 g/mol. The number of amides is 1. The molecule has 1 saturated heterocycles. The Labute approximate surface area is 131 Å². The van der Waals surface area contributed by atoms with Crippen LogP contribution in [0.25, 0.3) is 0 Å². The highest BCUT2D eigenvalue weighted by molar-refractivity contribution is 5.91. The lowest BCUT2D eigenvalue weighted by molar-refractivity contribution is -0.119. The second-order valence-corrected chi connectivity index (χ2v) is 6.00. The number of carbonyl (C=O) groups is 1. The molecule has 5 heteroatoms. The summed E-state index contributed by atoms with van der Waals surface area (Å²) in [6.07, 6.45) is 5.53. The molecule has 1 amide bonds. The molecular weight excluding hydrogens is 280 g/mol. The van der Waals surface area contributed by atoms with Gasteiger partial charge in [-0.25, -0.2) is 0 Å². The van der Waals surface area contributed by atoms with Crippen LogP contribution in [0.1, 0.15) is 32.1 Å². The van der Waals surface area contributed by atoms with Crippen LogP contribution < -0.4 is 15.4 Å². The van der Waals surface area contributed by atoms with Crippen molar-refractivity contribution in [2.75, 3.05) is 25.0 Å². The Kier molecular flexibility index (Phi) is 5.29. The van der Waals surface area contributed by atoms with Crippen LogP contribution in [0.3, 0.4) is 0 Å². The predicted octanol–water partition coefficient (Wildman–Crippen LogP) is 2.32. The van der Waals surface area contributed by atoms with Crippen molar-refractivity contribution in [2.45, 2.75) is 44.3 Å². The maximum atomic E-state index is 12.0. The van der Waals surface area contributed by atoms with Gasteiger partial charge in [-0.1, -0.05) is 0 Å². The molecule has 1 atom stereocenters. The lowest BCUT2D eigenvalue weighted by Crippen LogP contribution is -2.40. The molecule has 2 fully saturated rings. The minimum atomic E-state index is -0.0290. The summed E-state index contributed by atoms with van der Waals surface area (Å²) in [5.41, 5.74) is 0.799. The summed E-state index contributed by atoms with van der Waals surface area (Å²) in [4.78, 5) is 12.0. The zero-order valence-electron chi connectivity index (χ0n) is 12.8. The molecule has 1 aromatic rings. The summed E-state index contributed by atoms with van der Waals surface area (Å²) in [6, 6.07) is 7.63. The Bertz CT molecular complexity index is 477. The number of carbonyl (C=O) groups excluding carboxylic acids is 1. The van der Waals surface area contributed by atoms with Crippen LogP contribution in [-0.4, -0.2) is 37.8 Å². The zero-order valence-corrected chi connectivity index (χ0v) is 12.8. The largest absolute Gasteiger partial charge is 0.490 e. The SMILES string of the molecule is O=C(CC1CNCCO1)Nc1ccc(OC2CCCC2)cc1. The van der Waals surface area contributed by atoms with Gasteiger partial charge in [-0.2, -0.15) is 0 Å². The first-order valence-electron chi connectivity index (χ1n) is 8.18. The molecule has 1 unspecified atom stereocenters. The van der Waals surface area contributed by atoms with Gasteiger partial charge in [-0.3, -0.25) is 4.79 Å². The summed E-state index contributed by atoms with van der Waals surface area (Å²) >= 11 is 0. The van der Waals surface area contributed by atoms with E-state index < -0.39 is 0 Å². The van der Waals surface area contributed by atoms with Crippen molar-refractivity contribution >= 4 is 11.6 Å². The third-order valence-corrected chi connectivity index (χ3v) is 4.16. The summed E-state index contributed by atoms with van der Waals surface area (Å²) in [5, 5.41) is 6.13. The molecule has 5 nitrogen and oxygen atoms in total. The molecule has 2 aliphatic rings. The molecule has 22 heavy (non-hydrogen) atoms. The number of nitrogens with one attached hydrogen (secondary N) is 2. The number of anilines is 1. The van der Waals surface area contributed by atoms with Gasteiger partial charge in [0.15, 0.2) is 0 Å². The monoisotopic (exact) mass is 304 g/mol. The molecule has 120 valence electrons. The standard InChI is InChI=1S/C17H24N2O3/c20-17(11-16-12-18-9-10-21-16)19-13-5-7-15(8-6-13)22-14-3-1-2-4-14/h5-8,14,16,18H,1-4,9-12H2,(H,19,20). The number of morpholine rings is 1. The third kappa shape index (κ3) is 4.45. The minimum absolute atomic E-state index is 0.0156. The fourth-order valence-corrected chi connectivity index (χ4v) is 2.99. The first-order chi connectivity index (χ1) is 10.8. The number of benzene rings is 1. The van der Waals surface area contributed by atoms with Gasteiger partial charge in [0, 0.05) is 18.8 Å². The van der Waals surface area contributed by atoms with Gasteiger partial charge in [0.25, 0.3) is 0 Å². The van der Waals surface area contributed by atoms with Gasteiger partial charge in [0.1, 0.15) is 5.75 Å². The van der Waals surface area contributed by atoms with E-state index in [1.165, 1.54) is 12.8 Å². The number of rotatable bonds is 5. The van der Waals surface area contributed by atoms with Crippen LogP contribution >= 0.6 is 0 Å². The molecule has 3 rings (SSSR count). The van der Waals surface area contributed by atoms with Crippen molar-refractivity contribution in [3.05, 3.63) is 24.3 Å². The van der Waals surface area contributed by atoms with E-state index in [0.717, 1.165) is 37.4 Å². The fourth-order valence-electron chi connectivity index (χ4n) is 2.99.